The highest BCUT2D eigenvalue weighted by Crippen LogP contribution is 2.23. The van der Waals surface area contributed by atoms with Gasteiger partial charge in [0.2, 0.25) is 10.0 Å². The Morgan fingerprint density at radius 3 is 2.52 bits per heavy atom. The van der Waals surface area contributed by atoms with Crippen LogP contribution in [0.5, 0.6) is 0 Å². The van der Waals surface area contributed by atoms with Crippen LogP contribution in [0.2, 0.25) is 0 Å². The van der Waals surface area contributed by atoms with E-state index in [-0.39, 0.29) is 16.6 Å². The topological polar surface area (TPSA) is 72.2 Å². The predicted octanol–water partition coefficient (Wildman–Crippen LogP) is 2.94. The summed E-state index contributed by atoms with van der Waals surface area (Å²) in [7, 11) is -3.64. The molecule has 2 rings (SSSR count). The van der Waals surface area contributed by atoms with E-state index in [2.05, 4.69) is 20.7 Å². The number of halogens is 1. The maximum absolute atomic E-state index is 12.4. The molecule has 3 N–H and O–H groups in total. The molecule has 21 heavy (non-hydrogen) atoms. The van der Waals surface area contributed by atoms with E-state index < -0.39 is 10.0 Å². The highest BCUT2D eigenvalue weighted by Gasteiger charge is 2.20. The lowest BCUT2D eigenvalue weighted by Gasteiger charge is -2.15. The summed E-state index contributed by atoms with van der Waals surface area (Å²) in [5, 5.41) is 0. The maximum atomic E-state index is 12.4. The molecule has 0 bridgehead atoms. The van der Waals surface area contributed by atoms with Gasteiger partial charge in [0.05, 0.1) is 5.69 Å². The fourth-order valence-electron chi connectivity index (χ4n) is 2.08. The lowest BCUT2D eigenvalue weighted by molar-refractivity contribution is 0.560. The lowest BCUT2D eigenvalue weighted by atomic mass is 10.1. The number of hydrogen-bond acceptors (Lipinski definition) is 3. The number of rotatable bonds is 5. The molecule has 0 aliphatic carbocycles. The molecule has 0 spiro atoms. The largest absolute Gasteiger partial charge is 0.398 e. The molecule has 112 valence electrons. The Morgan fingerprint density at radius 2 is 1.86 bits per heavy atom. The van der Waals surface area contributed by atoms with Crippen LogP contribution in [-0.4, -0.2) is 14.5 Å². The summed E-state index contributed by atoms with van der Waals surface area (Å²) < 4.78 is 28.1. The second-order valence-corrected chi connectivity index (χ2v) is 7.49. The third kappa shape index (κ3) is 4.30. The van der Waals surface area contributed by atoms with Crippen molar-refractivity contribution < 1.29 is 8.42 Å². The molecule has 0 aliphatic rings. The second-order valence-electron chi connectivity index (χ2n) is 4.89. The molecule has 1 atom stereocenters. The van der Waals surface area contributed by atoms with Gasteiger partial charge < -0.3 is 5.73 Å². The fourth-order valence-corrected chi connectivity index (χ4v) is 3.99. The zero-order chi connectivity index (χ0) is 15.5. The van der Waals surface area contributed by atoms with Gasteiger partial charge in [-0.3, -0.25) is 0 Å². The van der Waals surface area contributed by atoms with Gasteiger partial charge in [-0.05, 0) is 37.1 Å². The first-order chi connectivity index (χ1) is 9.88. The van der Waals surface area contributed by atoms with Gasteiger partial charge >= 0.3 is 0 Å². The molecule has 6 heteroatoms. The first kappa shape index (κ1) is 16.0. The summed E-state index contributed by atoms with van der Waals surface area (Å²) in [5.41, 5.74) is 7.08. The van der Waals surface area contributed by atoms with Crippen LogP contribution in [-0.2, 0) is 16.4 Å². The Balaban J connectivity index is 2.15. The summed E-state index contributed by atoms with van der Waals surface area (Å²) in [6.45, 7) is 1.83. The van der Waals surface area contributed by atoms with Crippen LogP contribution in [0.4, 0.5) is 5.69 Å². The smallest absolute Gasteiger partial charge is 0.242 e. The Labute approximate surface area is 133 Å². The number of hydrogen-bond donors (Lipinski definition) is 2. The van der Waals surface area contributed by atoms with Crippen LogP contribution in [0.1, 0.15) is 12.5 Å². The van der Waals surface area contributed by atoms with Gasteiger partial charge in [0.1, 0.15) is 4.90 Å². The second kappa shape index (κ2) is 6.60. The van der Waals surface area contributed by atoms with Crippen LogP contribution < -0.4 is 10.5 Å². The average Bonchev–Trinajstić information content (AvgIpc) is 2.41. The average molecular weight is 369 g/mol. The highest BCUT2D eigenvalue weighted by molar-refractivity contribution is 9.10. The Hall–Kier alpha value is -1.37. The number of nitrogen functional groups attached to an aromatic ring is 1. The highest BCUT2D eigenvalue weighted by atomic mass is 79.9. The third-order valence-corrected chi connectivity index (χ3v) is 5.14. The normalized spacial score (nSPS) is 13.0. The van der Waals surface area contributed by atoms with Crippen molar-refractivity contribution in [3.63, 3.8) is 0 Å². The molecule has 1 unspecified atom stereocenters. The van der Waals surface area contributed by atoms with Gasteiger partial charge in [-0.1, -0.05) is 46.3 Å². The van der Waals surface area contributed by atoms with E-state index in [1.165, 1.54) is 6.07 Å². The molecular weight excluding hydrogens is 352 g/mol. The molecule has 0 heterocycles. The SMILES string of the molecule is CC(Cc1ccccc1)NS(=O)(=O)c1cc(Br)ccc1N. The molecule has 0 saturated carbocycles. The third-order valence-electron chi connectivity index (χ3n) is 3.01. The van der Waals surface area contributed by atoms with Crippen molar-refractivity contribution in [2.75, 3.05) is 5.73 Å². The molecule has 0 saturated heterocycles. The standard InChI is InChI=1S/C15H17BrN2O2S/c1-11(9-12-5-3-2-4-6-12)18-21(19,20)15-10-13(16)7-8-14(15)17/h2-8,10-11,18H,9,17H2,1H3. The lowest BCUT2D eigenvalue weighted by Crippen LogP contribution is -2.34. The predicted molar refractivity (Wildman–Crippen MR) is 88.5 cm³/mol. The summed E-state index contributed by atoms with van der Waals surface area (Å²) in [6.07, 6.45) is 0.619. The fraction of sp³-hybridized carbons (Fsp3) is 0.200. The maximum Gasteiger partial charge on any atom is 0.242 e. The minimum atomic E-state index is -3.64. The number of sulfonamides is 1. The van der Waals surface area contributed by atoms with E-state index in [1.807, 2.05) is 37.3 Å². The number of benzene rings is 2. The minimum absolute atomic E-state index is 0.0942. The van der Waals surface area contributed by atoms with Crippen LogP contribution >= 0.6 is 15.9 Å². The summed E-state index contributed by atoms with van der Waals surface area (Å²) in [6, 6.07) is 14.3. The summed E-state index contributed by atoms with van der Waals surface area (Å²) in [5.74, 6) is 0. The van der Waals surface area contributed by atoms with Crippen molar-refractivity contribution in [3.8, 4) is 0 Å². The van der Waals surface area contributed by atoms with Crippen LogP contribution in [0, 0.1) is 0 Å². The monoisotopic (exact) mass is 368 g/mol. The van der Waals surface area contributed by atoms with Gasteiger partial charge in [0.25, 0.3) is 0 Å². The van der Waals surface area contributed by atoms with Crippen molar-refractivity contribution >= 4 is 31.6 Å². The van der Waals surface area contributed by atoms with Crippen LogP contribution in [0.25, 0.3) is 0 Å². The molecule has 0 amide bonds. The minimum Gasteiger partial charge on any atom is -0.398 e. The van der Waals surface area contributed by atoms with Crippen LogP contribution in [0.3, 0.4) is 0 Å². The van der Waals surface area contributed by atoms with Crippen molar-refractivity contribution in [2.45, 2.75) is 24.3 Å². The molecule has 0 aliphatic heterocycles. The molecule has 2 aromatic carbocycles. The van der Waals surface area contributed by atoms with Gasteiger partial charge in [0, 0.05) is 10.5 Å². The van der Waals surface area contributed by atoms with E-state index in [0.717, 1.165) is 5.56 Å². The molecule has 0 radical (unpaired) electrons. The van der Waals surface area contributed by atoms with Crippen molar-refractivity contribution in [3.05, 3.63) is 58.6 Å². The molecule has 4 nitrogen and oxygen atoms in total. The van der Waals surface area contributed by atoms with E-state index in [0.29, 0.717) is 10.9 Å². The number of nitrogens with one attached hydrogen (secondary N) is 1. The summed E-state index contributed by atoms with van der Waals surface area (Å²) >= 11 is 3.26. The van der Waals surface area contributed by atoms with Crippen molar-refractivity contribution in [1.82, 2.24) is 4.72 Å². The zero-order valence-electron chi connectivity index (χ0n) is 11.6. The van der Waals surface area contributed by atoms with Gasteiger partial charge in [0.15, 0.2) is 0 Å². The Morgan fingerprint density at radius 1 is 1.19 bits per heavy atom. The Kier molecular flexibility index (Phi) is 5.03. The first-order valence-corrected chi connectivity index (χ1v) is 8.77. The van der Waals surface area contributed by atoms with Crippen molar-refractivity contribution in [2.24, 2.45) is 0 Å². The van der Waals surface area contributed by atoms with Gasteiger partial charge in [-0.15, -0.1) is 0 Å². The van der Waals surface area contributed by atoms with E-state index in [4.69, 9.17) is 5.73 Å². The zero-order valence-corrected chi connectivity index (χ0v) is 14.0. The number of nitrogens with two attached hydrogens (primary N) is 1. The number of anilines is 1. The molecular formula is C15H17BrN2O2S. The molecule has 0 fully saturated rings. The van der Waals surface area contributed by atoms with Gasteiger partial charge in [-0.25, -0.2) is 13.1 Å². The molecule has 0 aromatic heterocycles. The van der Waals surface area contributed by atoms with E-state index in [1.54, 1.807) is 12.1 Å². The van der Waals surface area contributed by atoms with Gasteiger partial charge in [-0.2, -0.15) is 0 Å². The van der Waals surface area contributed by atoms with Crippen LogP contribution in [0.15, 0.2) is 57.9 Å². The molecule has 2 aromatic rings. The first-order valence-electron chi connectivity index (χ1n) is 6.50. The van der Waals surface area contributed by atoms with E-state index >= 15 is 0 Å². The Bertz CT molecular complexity index is 718. The quantitative estimate of drug-likeness (QED) is 0.796. The summed E-state index contributed by atoms with van der Waals surface area (Å²) in [4.78, 5) is 0.0942. The van der Waals surface area contributed by atoms with E-state index in [9.17, 15) is 8.42 Å². The van der Waals surface area contributed by atoms with Crippen molar-refractivity contribution in [1.29, 1.82) is 0 Å².